The van der Waals surface area contributed by atoms with E-state index in [1.807, 2.05) is 25.5 Å². The van der Waals surface area contributed by atoms with Crippen molar-refractivity contribution in [2.75, 3.05) is 25.5 Å². The molecule has 0 unspecified atom stereocenters. The summed E-state index contributed by atoms with van der Waals surface area (Å²) in [6, 6.07) is 3.42. The Labute approximate surface area is 197 Å². The van der Waals surface area contributed by atoms with Gasteiger partial charge in [0.2, 0.25) is 0 Å². The topological polar surface area (TPSA) is 73.6 Å². The Morgan fingerprint density at radius 1 is 1.19 bits per heavy atom. The lowest BCUT2D eigenvalue weighted by Gasteiger charge is -2.39. The van der Waals surface area contributed by atoms with E-state index in [4.69, 9.17) is 16.1 Å². The summed E-state index contributed by atoms with van der Waals surface area (Å²) in [6.45, 7) is 9.94. The molecule has 0 spiro atoms. The van der Waals surface area contributed by atoms with Crippen molar-refractivity contribution < 1.29 is 0 Å². The van der Waals surface area contributed by atoms with Gasteiger partial charge >= 0.3 is 0 Å². The van der Waals surface area contributed by atoms with Gasteiger partial charge in [0, 0.05) is 47.9 Å². The number of hydrogen-bond donors (Lipinski definition) is 2. The van der Waals surface area contributed by atoms with E-state index in [1.54, 1.807) is 11.3 Å². The second-order valence-corrected chi connectivity index (χ2v) is 10.2. The van der Waals surface area contributed by atoms with Crippen LogP contribution in [0.15, 0.2) is 16.4 Å². The number of rotatable bonds is 7. The van der Waals surface area contributed by atoms with Crippen molar-refractivity contribution in [2.24, 2.45) is 17.8 Å². The minimum atomic E-state index is 0.432. The van der Waals surface area contributed by atoms with Gasteiger partial charge in [0.1, 0.15) is 11.3 Å². The molecule has 32 heavy (non-hydrogen) atoms. The average Bonchev–Trinajstić information content (AvgIpc) is 3.14. The van der Waals surface area contributed by atoms with E-state index < -0.39 is 0 Å². The van der Waals surface area contributed by atoms with Crippen molar-refractivity contribution in [2.45, 2.75) is 72.0 Å². The van der Waals surface area contributed by atoms with Crippen LogP contribution in [0.5, 0.6) is 0 Å². The minimum absolute atomic E-state index is 0.432. The fourth-order valence-electron chi connectivity index (χ4n) is 4.91. The number of thiophene rings is 1. The number of hydrogen-bond acceptors (Lipinski definition) is 5. The van der Waals surface area contributed by atoms with Gasteiger partial charge in [0.15, 0.2) is 0 Å². The molecule has 7 heteroatoms. The first kappa shape index (κ1) is 24.5. The predicted octanol–water partition coefficient (Wildman–Crippen LogP) is 4.10. The monoisotopic (exact) mass is 456 g/mol. The van der Waals surface area contributed by atoms with Gasteiger partial charge < -0.3 is 20.1 Å². The van der Waals surface area contributed by atoms with Gasteiger partial charge in [-0.05, 0) is 84.7 Å². The fourth-order valence-corrected chi connectivity index (χ4v) is 6.14. The molecule has 0 atom stereocenters. The molecule has 0 bridgehead atoms. The summed E-state index contributed by atoms with van der Waals surface area (Å²) < 4.78 is 1.89. The van der Waals surface area contributed by atoms with Crippen LogP contribution >= 0.6 is 11.3 Å². The number of aryl methyl sites for hydroxylation is 2. The van der Waals surface area contributed by atoms with Crippen molar-refractivity contribution in [3.63, 3.8) is 0 Å². The smallest absolute Gasteiger partial charge is 0.130 e. The van der Waals surface area contributed by atoms with E-state index in [2.05, 4.69) is 49.2 Å². The second kappa shape index (κ2) is 10.2. The maximum atomic E-state index is 8.45. The molecule has 1 saturated carbocycles. The van der Waals surface area contributed by atoms with Crippen LogP contribution in [-0.2, 0) is 13.6 Å². The minimum Gasteiger partial charge on any atom is -0.383 e. The zero-order valence-electron chi connectivity index (χ0n) is 20.8. The Kier molecular flexibility index (Phi) is 7.83. The maximum absolute atomic E-state index is 8.45. The Morgan fingerprint density at radius 2 is 1.81 bits per heavy atom. The Bertz CT molecular complexity index is 1020. The summed E-state index contributed by atoms with van der Waals surface area (Å²) in [5.41, 5.74) is 12.3. The van der Waals surface area contributed by atoms with Crippen LogP contribution in [0.2, 0.25) is 0 Å². The second-order valence-electron chi connectivity index (χ2n) is 9.35. The van der Waals surface area contributed by atoms with Gasteiger partial charge in [-0.15, -0.1) is 11.3 Å². The number of nitrogens with zero attached hydrogens (tertiary/aromatic N) is 4. The van der Waals surface area contributed by atoms with E-state index in [0.29, 0.717) is 30.0 Å². The van der Waals surface area contributed by atoms with Crippen LogP contribution in [0.25, 0.3) is 0 Å². The standard InChI is InChI=1S/C25H40N6S/c1-8-31(20-11-9-19(10-12-20)29(5)6)25-18(4)22(15-32-25)23(26)28-14-21-16(2)13-17(3)30(7)24(21)27/h13,15,19-20,27H,8-12,14H2,1-7H3,(H2,26,28). The highest BCUT2D eigenvalue weighted by atomic mass is 32.1. The zero-order valence-corrected chi connectivity index (χ0v) is 21.6. The van der Waals surface area contributed by atoms with Gasteiger partial charge in [-0.2, -0.15) is 0 Å². The summed E-state index contributed by atoms with van der Waals surface area (Å²) in [5.74, 6) is 0.569. The molecule has 0 aromatic carbocycles. The van der Waals surface area contributed by atoms with Crippen molar-refractivity contribution >= 4 is 22.2 Å². The van der Waals surface area contributed by atoms with Crippen LogP contribution in [0.4, 0.5) is 5.00 Å². The Morgan fingerprint density at radius 3 is 2.41 bits per heavy atom. The molecule has 0 saturated heterocycles. The highest BCUT2D eigenvalue weighted by Gasteiger charge is 2.28. The number of nitrogens with one attached hydrogen (secondary N) is 1. The zero-order chi connectivity index (χ0) is 23.6. The van der Waals surface area contributed by atoms with Crippen molar-refractivity contribution in [3.05, 3.63) is 44.9 Å². The first-order chi connectivity index (χ1) is 15.1. The van der Waals surface area contributed by atoms with E-state index in [9.17, 15) is 0 Å². The molecular weight excluding hydrogens is 416 g/mol. The first-order valence-corrected chi connectivity index (χ1v) is 12.6. The van der Waals surface area contributed by atoms with Crippen molar-refractivity contribution in [1.82, 2.24) is 9.47 Å². The van der Waals surface area contributed by atoms with Crippen LogP contribution in [0.3, 0.4) is 0 Å². The summed E-state index contributed by atoms with van der Waals surface area (Å²) in [5, 5.41) is 11.9. The van der Waals surface area contributed by atoms with Gasteiger partial charge in [-0.25, -0.2) is 0 Å². The van der Waals surface area contributed by atoms with Gasteiger partial charge in [0.05, 0.1) is 11.5 Å². The highest BCUT2D eigenvalue weighted by molar-refractivity contribution is 7.14. The Balaban J connectivity index is 1.79. The van der Waals surface area contributed by atoms with Gasteiger partial charge in [-0.1, -0.05) is 0 Å². The van der Waals surface area contributed by atoms with Crippen LogP contribution in [-0.4, -0.2) is 48.0 Å². The average molecular weight is 457 g/mol. The summed E-state index contributed by atoms with van der Waals surface area (Å²) >= 11 is 1.78. The molecule has 3 N–H and O–H groups in total. The van der Waals surface area contributed by atoms with Crippen LogP contribution in [0, 0.1) is 26.2 Å². The number of amidine groups is 1. The van der Waals surface area contributed by atoms with Crippen molar-refractivity contribution in [3.8, 4) is 0 Å². The third-order valence-corrected chi connectivity index (χ3v) is 8.30. The molecule has 1 fully saturated rings. The molecule has 0 aliphatic heterocycles. The number of aromatic nitrogens is 1. The molecule has 1 aliphatic rings. The number of aliphatic imine (C=N–C) groups is 1. The van der Waals surface area contributed by atoms with E-state index in [-0.39, 0.29) is 0 Å². The first-order valence-electron chi connectivity index (χ1n) is 11.7. The number of anilines is 1. The molecule has 176 valence electrons. The van der Waals surface area contributed by atoms with E-state index >= 15 is 0 Å². The number of pyridine rings is 1. The van der Waals surface area contributed by atoms with Crippen LogP contribution < -0.4 is 16.1 Å². The largest absolute Gasteiger partial charge is 0.383 e. The molecule has 2 aromatic rings. The molecule has 2 aromatic heterocycles. The van der Waals surface area contributed by atoms with Gasteiger partial charge in [0.25, 0.3) is 0 Å². The molecule has 2 heterocycles. The van der Waals surface area contributed by atoms with Crippen molar-refractivity contribution in [1.29, 1.82) is 5.41 Å². The van der Waals surface area contributed by atoms with E-state index in [0.717, 1.165) is 28.9 Å². The lowest BCUT2D eigenvalue weighted by molar-refractivity contribution is 0.214. The van der Waals surface area contributed by atoms with E-state index in [1.165, 1.54) is 36.2 Å². The summed E-state index contributed by atoms with van der Waals surface area (Å²) in [4.78, 5) is 9.65. The van der Waals surface area contributed by atoms with Gasteiger partial charge in [-0.3, -0.25) is 10.4 Å². The molecule has 1 aliphatic carbocycles. The lowest BCUT2D eigenvalue weighted by atomic mass is 9.89. The lowest BCUT2D eigenvalue weighted by Crippen LogP contribution is -2.42. The molecular formula is C25H40N6S. The molecule has 6 nitrogen and oxygen atoms in total. The third-order valence-electron chi connectivity index (χ3n) is 7.19. The highest BCUT2D eigenvalue weighted by Crippen LogP contribution is 2.36. The third kappa shape index (κ3) is 4.94. The number of nitrogens with two attached hydrogens (primary N) is 1. The quantitative estimate of drug-likeness (QED) is 0.487. The van der Waals surface area contributed by atoms with Crippen LogP contribution in [0.1, 0.15) is 60.6 Å². The normalized spacial score (nSPS) is 19.6. The molecule has 0 radical (unpaired) electrons. The Hall–Kier alpha value is -2.12. The SMILES string of the molecule is CCN(c1scc(C(N)=NCc2c(C)cc(C)n(C)c2=N)c1C)C1CCC(N(C)C)CC1. The fraction of sp³-hybridized carbons (Fsp3) is 0.600. The predicted molar refractivity (Wildman–Crippen MR) is 137 cm³/mol. The molecule has 3 rings (SSSR count). The maximum Gasteiger partial charge on any atom is 0.130 e. The molecule has 0 amide bonds. The summed E-state index contributed by atoms with van der Waals surface area (Å²) in [6.07, 6.45) is 5.00. The summed E-state index contributed by atoms with van der Waals surface area (Å²) in [7, 11) is 6.32.